The molecule has 6 heteroatoms. The van der Waals surface area contributed by atoms with E-state index in [1.807, 2.05) is 0 Å². The number of aliphatic hydroxyl groups excluding tert-OH is 1. The summed E-state index contributed by atoms with van der Waals surface area (Å²) in [6.07, 6.45) is 6.49. The Morgan fingerprint density at radius 1 is 1.27 bits per heavy atom. The summed E-state index contributed by atoms with van der Waals surface area (Å²) in [5.74, 6) is 0.116. The van der Waals surface area contributed by atoms with Gasteiger partial charge in [-0.3, -0.25) is 0 Å². The monoisotopic (exact) mass is 514 g/mol. The van der Waals surface area contributed by atoms with Crippen molar-refractivity contribution < 1.29 is 24.2 Å². The lowest BCUT2D eigenvalue weighted by Crippen LogP contribution is -2.57. The molecule has 0 saturated heterocycles. The van der Waals surface area contributed by atoms with Crippen molar-refractivity contribution >= 4 is 5.97 Å². The summed E-state index contributed by atoms with van der Waals surface area (Å²) < 4.78 is 11.5. The van der Waals surface area contributed by atoms with Crippen LogP contribution in [-0.4, -0.2) is 28.4 Å². The Morgan fingerprint density at radius 2 is 1.95 bits per heavy atom. The summed E-state index contributed by atoms with van der Waals surface area (Å²) in [4.78, 5) is 25.5. The van der Waals surface area contributed by atoms with Crippen LogP contribution < -0.4 is 5.63 Å². The van der Waals surface area contributed by atoms with E-state index in [0.29, 0.717) is 36.1 Å². The Labute approximate surface area is 221 Å². The Morgan fingerprint density at radius 3 is 2.57 bits per heavy atom. The van der Waals surface area contributed by atoms with Crippen LogP contribution in [0.15, 0.2) is 33.0 Å². The number of rotatable bonds is 8. The zero-order valence-corrected chi connectivity index (χ0v) is 23.8. The smallest absolute Gasteiger partial charge is 0.342 e. The van der Waals surface area contributed by atoms with E-state index in [0.717, 1.165) is 37.7 Å². The summed E-state index contributed by atoms with van der Waals surface area (Å²) in [6, 6.07) is 0. The molecule has 6 atom stereocenters. The van der Waals surface area contributed by atoms with Gasteiger partial charge in [0.1, 0.15) is 17.6 Å². The van der Waals surface area contributed by atoms with Crippen molar-refractivity contribution in [1.29, 1.82) is 0 Å². The highest BCUT2D eigenvalue weighted by Crippen LogP contribution is 2.63. The van der Waals surface area contributed by atoms with E-state index >= 15 is 0 Å². The molecular weight excluding hydrogens is 468 g/mol. The topological polar surface area (TPSA) is 97.0 Å². The minimum absolute atomic E-state index is 0.0113. The predicted octanol–water partition coefficient (Wildman–Crippen LogP) is 6.32. The number of carbonyl (C=O) groups excluding carboxylic acids is 1. The third-order valence-electron chi connectivity index (χ3n) is 9.54. The first kappa shape index (κ1) is 29.2. The predicted molar refractivity (Wildman–Crippen MR) is 145 cm³/mol. The largest absolute Gasteiger partial charge is 0.507 e. The first-order chi connectivity index (χ1) is 17.3. The fraction of sp³-hybridized carbons (Fsp3) is 0.677. The van der Waals surface area contributed by atoms with Crippen LogP contribution >= 0.6 is 0 Å². The second-order valence-corrected chi connectivity index (χ2v) is 12.1. The summed E-state index contributed by atoms with van der Waals surface area (Å²) in [5.41, 5.74) is 2.27. The van der Waals surface area contributed by atoms with Crippen molar-refractivity contribution in [3.05, 3.63) is 51.1 Å². The SMILES string of the molecule is C=C1CC[C@H]2[C@](C)(CCC=C(C)C)[C@@H](OC(=O)[C@H](O)CC)CC[C@]2(C)[C@@H]1Cc1c(O)c(C)c(C)oc1=O. The van der Waals surface area contributed by atoms with E-state index < -0.39 is 17.7 Å². The molecule has 2 aliphatic carbocycles. The van der Waals surface area contributed by atoms with Gasteiger partial charge in [0.2, 0.25) is 0 Å². The quantitative estimate of drug-likeness (QED) is 0.311. The van der Waals surface area contributed by atoms with Crippen LogP contribution in [0, 0.1) is 36.5 Å². The summed E-state index contributed by atoms with van der Waals surface area (Å²) in [7, 11) is 0. The van der Waals surface area contributed by atoms with Gasteiger partial charge in [-0.25, -0.2) is 9.59 Å². The van der Waals surface area contributed by atoms with Crippen molar-refractivity contribution in [3.63, 3.8) is 0 Å². The lowest BCUT2D eigenvalue weighted by atomic mass is 9.45. The van der Waals surface area contributed by atoms with Crippen LogP contribution in [0.2, 0.25) is 0 Å². The van der Waals surface area contributed by atoms with Gasteiger partial charge in [-0.2, -0.15) is 0 Å². The molecule has 0 amide bonds. The van der Waals surface area contributed by atoms with Crippen LogP contribution in [-0.2, 0) is 16.0 Å². The Kier molecular flexibility index (Phi) is 8.83. The number of esters is 1. The standard InChI is InChI=1S/C31H46O6/c1-9-24(32)29(35)37-26-14-16-30(7)23(17-22-27(33)20(5)21(6)36-28(22)34)19(4)12-13-25(30)31(26,8)15-10-11-18(2)3/h11,23-26,32-33H,4,9-10,12-17H2,1-3,5-8H3/t23-,24-,25-,26+,30-,31+/m1/s1. The van der Waals surface area contributed by atoms with Crippen LogP contribution in [0.4, 0.5) is 0 Å². The van der Waals surface area contributed by atoms with Gasteiger partial charge in [-0.05, 0) is 96.3 Å². The van der Waals surface area contributed by atoms with Crippen LogP contribution in [0.25, 0.3) is 0 Å². The number of allylic oxidation sites excluding steroid dienone is 3. The Hall–Kier alpha value is -2.34. The lowest BCUT2D eigenvalue weighted by molar-refractivity contribution is -0.188. The number of aromatic hydroxyl groups is 1. The van der Waals surface area contributed by atoms with E-state index in [4.69, 9.17) is 9.15 Å². The Bertz CT molecular complexity index is 1110. The van der Waals surface area contributed by atoms with Gasteiger partial charge >= 0.3 is 11.6 Å². The molecule has 0 bridgehead atoms. The average Bonchev–Trinajstić information content (AvgIpc) is 2.82. The van der Waals surface area contributed by atoms with Gasteiger partial charge in [0.15, 0.2) is 6.10 Å². The number of carbonyl (C=O) groups is 1. The third kappa shape index (κ3) is 5.59. The van der Waals surface area contributed by atoms with E-state index in [1.54, 1.807) is 20.8 Å². The molecule has 2 fully saturated rings. The summed E-state index contributed by atoms with van der Waals surface area (Å²) >= 11 is 0. The molecule has 3 rings (SSSR count). The second-order valence-electron chi connectivity index (χ2n) is 12.1. The van der Waals surface area contributed by atoms with E-state index in [9.17, 15) is 19.8 Å². The molecule has 2 saturated carbocycles. The van der Waals surface area contributed by atoms with Crippen molar-refractivity contribution in [1.82, 2.24) is 0 Å². The molecule has 0 unspecified atom stereocenters. The average molecular weight is 515 g/mol. The van der Waals surface area contributed by atoms with E-state index in [2.05, 4.69) is 40.3 Å². The molecule has 0 spiro atoms. The molecule has 0 radical (unpaired) electrons. The van der Waals surface area contributed by atoms with Gasteiger partial charge in [0.05, 0.1) is 5.56 Å². The number of ether oxygens (including phenoxy) is 1. The van der Waals surface area contributed by atoms with Gasteiger partial charge in [-0.1, -0.05) is 44.6 Å². The fourth-order valence-corrected chi connectivity index (χ4v) is 7.09. The molecule has 2 aliphatic rings. The highest BCUT2D eigenvalue weighted by Gasteiger charge is 2.59. The van der Waals surface area contributed by atoms with Crippen LogP contribution in [0.3, 0.4) is 0 Å². The van der Waals surface area contributed by atoms with Crippen molar-refractivity contribution in [3.8, 4) is 5.75 Å². The lowest BCUT2D eigenvalue weighted by Gasteiger charge is -2.61. The van der Waals surface area contributed by atoms with Gasteiger partial charge in [0, 0.05) is 11.0 Å². The number of hydrogen-bond donors (Lipinski definition) is 2. The molecule has 1 aromatic heterocycles. The highest BCUT2D eigenvalue weighted by atomic mass is 16.6. The number of fused-ring (bicyclic) bond motifs is 1. The molecular formula is C31H46O6. The minimum atomic E-state index is -1.11. The summed E-state index contributed by atoms with van der Waals surface area (Å²) in [6.45, 7) is 18.3. The normalized spacial score (nSPS) is 30.4. The van der Waals surface area contributed by atoms with Gasteiger partial charge < -0.3 is 19.4 Å². The molecule has 6 nitrogen and oxygen atoms in total. The zero-order chi connectivity index (χ0) is 27.7. The van der Waals surface area contributed by atoms with Gasteiger partial charge in [-0.15, -0.1) is 0 Å². The molecule has 0 aromatic carbocycles. The zero-order valence-electron chi connectivity index (χ0n) is 23.8. The minimum Gasteiger partial charge on any atom is -0.507 e. The first-order valence-electron chi connectivity index (χ1n) is 13.8. The number of aryl methyl sites for hydroxylation is 1. The van der Waals surface area contributed by atoms with Crippen molar-refractivity contribution in [2.45, 2.75) is 112 Å². The fourth-order valence-electron chi connectivity index (χ4n) is 7.09. The third-order valence-corrected chi connectivity index (χ3v) is 9.54. The molecule has 206 valence electrons. The van der Waals surface area contributed by atoms with Crippen LogP contribution in [0.5, 0.6) is 5.75 Å². The first-order valence-corrected chi connectivity index (χ1v) is 13.8. The molecule has 2 N–H and O–H groups in total. The second kappa shape index (κ2) is 11.2. The van der Waals surface area contributed by atoms with Crippen LogP contribution in [0.1, 0.15) is 96.5 Å². The summed E-state index contributed by atoms with van der Waals surface area (Å²) in [5, 5.41) is 21.0. The molecule has 0 aliphatic heterocycles. The van der Waals surface area contributed by atoms with Crippen molar-refractivity contribution in [2.24, 2.45) is 22.7 Å². The number of aliphatic hydroxyl groups is 1. The van der Waals surface area contributed by atoms with Crippen molar-refractivity contribution in [2.75, 3.05) is 0 Å². The van der Waals surface area contributed by atoms with E-state index in [1.165, 1.54) is 5.57 Å². The maximum Gasteiger partial charge on any atom is 0.342 e. The maximum absolute atomic E-state index is 12.8. The maximum atomic E-state index is 12.8. The van der Waals surface area contributed by atoms with E-state index in [-0.39, 0.29) is 34.5 Å². The number of hydrogen-bond acceptors (Lipinski definition) is 6. The molecule has 37 heavy (non-hydrogen) atoms. The van der Waals surface area contributed by atoms with Gasteiger partial charge in [0.25, 0.3) is 0 Å². The molecule has 1 heterocycles. The highest BCUT2D eigenvalue weighted by molar-refractivity contribution is 5.74. The Balaban J connectivity index is 2.02. The molecule has 1 aromatic rings.